The van der Waals surface area contributed by atoms with Crippen LogP contribution in [0.3, 0.4) is 0 Å². The van der Waals surface area contributed by atoms with E-state index in [0.29, 0.717) is 0 Å². The normalized spacial score (nSPS) is 9.60. The van der Waals surface area contributed by atoms with Crippen LogP contribution in [-0.2, 0) is 0 Å². The zero-order valence-electron chi connectivity index (χ0n) is 6.63. The van der Waals surface area contributed by atoms with Crippen molar-refractivity contribution in [3.8, 4) is 0 Å². The van der Waals surface area contributed by atoms with Gasteiger partial charge in [0.25, 0.3) is 0 Å². The zero-order chi connectivity index (χ0) is 7.98. The predicted molar refractivity (Wildman–Crippen MR) is 61.1 cm³/mol. The van der Waals surface area contributed by atoms with Crippen LogP contribution in [0, 0.1) is 0 Å². The molecule has 0 saturated carbocycles. The highest BCUT2D eigenvalue weighted by Gasteiger charge is 2.00. The van der Waals surface area contributed by atoms with Crippen LogP contribution in [0.2, 0.25) is 0 Å². The summed E-state index contributed by atoms with van der Waals surface area (Å²) in [5, 5.41) is 0. The highest BCUT2D eigenvalue weighted by atomic mass is 32.2. The van der Waals surface area contributed by atoms with Crippen molar-refractivity contribution in [2.24, 2.45) is 0 Å². The van der Waals surface area contributed by atoms with E-state index in [9.17, 15) is 0 Å². The van der Waals surface area contributed by atoms with Gasteiger partial charge in [0.05, 0.1) is 8.47 Å². The molecule has 0 amide bonds. The molecule has 0 aromatic rings. The number of hydrogen-bond acceptors (Lipinski definition) is 4. The molecule has 0 aromatic heterocycles. The minimum atomic E-state index is 1.43. The summed E-state index contributed by atoms with van der Waals surface area (Å²) < 4.78 is 2.86. The molecule has 0 radical (unpaired) electrons. The molecule has 0 aliphatic heterocycles. The van der Waals surface area contributed by atoms with Gasteiger partial charge in [0, 0.05) is 0 Å². The first-order valence-corrected chi connectivity index (χ1v) is 7.60. The molecule has 0 saturated heterocycles. The van der Waals surface area contributed by atoms with Gasteiger partial charge in [0.15, 0.2) is 0 Å². The summed E-state index contributed by atoms with van der Waals surface area (Å²) in [6.45, 7) is 0. The maximum atomic E-state index is 2.12. The Morgan fingerprint density at radius 1 is 0.600 bits per heavy atom. The highest BCUT2D eigenvalue weighted by molar-refractivity contribution is 8.27. The summed E-state index contributed by atoms with van der Waals surface area (Å²) in [4.78, 5) is 0. The second-order valence-corrected chi connectivity index (χ2v) is 5.17. The summed E-state index contributed by atoms with van der Waals surface area (Å²) in [6.07, 6.45) is 8.49. The Morgan fingerprint density at radius 2 is 0.800 bits per heavy atom. The maximum absolute atomic E-state index is 2.12. The van der Waals surface area contributed by atoms with Gasteiger partial charge in [-0.1, -0.05) is 0 Å². The quantitative estimate of drug-likeness (QED) is 0.698. The smallest absolute Gasteiger partial charge is 0.0596 e. The standard InChI is InChI=1S/C6H12S4/c1-7-5(8-2)6(9-3)10-4/h1-4H3. The van der Waals surface area contributed by atoms with Crippen molar-refractivity contribution in [1.82, 2.24) is 0 Å². The van der Waals surface area contributed by atoms with E-state index in [0.717, 1.165) is 0 Å². The van der Waals surface area contributed by atoms with Gasteiger partial charge in [-0.2, -0.15) is 0 Å². The van der Waals surface area contributed by atoms with E-state index in [-0.39, 0.29) is 0 Å². The molecule has 60 valence electrons. The van der Waals surface area contributed by atoms with E-state index in [1.165, 1.54) is 8.47 Å². The first kappa shape index (κ1) is 11.1. The van der Waals surface area contributed by atoms with Crippen LogP contribution in [0.5, 0.6) is 0 Å². The van der Waals surface area contributed by atoms with Crippen LogP contribution in [0.4, 0.5) is 0 Å². The third kappa shape index (κ3) is 3.51. The van der Waals surface area contributed by atoms with Crippen molar-refractivity contribution in [3.05, 3.63) is 8.47 Å². The number of rotatable bonds is 4. The van der Waals surface area contributed by atoms with Gasteiger partial charge in [-0.15, -0.1) is 47.0 Å². The van der Waals surface area contributed by atoms with Gasteiger partial charge in [-0.25, -0.2) is 0 Å². The third-order valence-electron chi connectivity index (χ3n) is 0.908. The topological polar surface area (TPSA) is 0 Å². The lowest BCUT2D eigenvalue weighted by atomic mass is 11.2. The average Bonchev–Trinajstić information content (AvgIpc) is 2.00. The molecule has 0 N–H and O–H groups in total. The lowest BCUT2D eigenvalue weighted by Crippen LogP contribution is -1.72. The predicted octanol–water partition coefficient (Wildman–Crippen LogP) is 3.57. The molecule has 0 bridgehead atoms. The van der Waals surface area contributed by atoms with Crippen molar-refractivity contribution >= 4 is 47.0 Å². The molecule has 0 aliphatic rings. The summed E-state index contributed by atoms with van der Waals surface area (Å²) in [7, 11) is 0. The van der Waals surface area contributed by atoms with Crippen LogP contribution in [-0.4, -0.2) is 25.0 Å². The SMILES string of the molecule is CSC(SC)=C(SC)SC. The molecule has 0 aliphatic carbocycles. The Balaban J connectivity index is 4.20. The van der Waals surface area contributed by atoms with Gasteiger partial charge < -0.3 is 0 Å². The highest BCUT2D eigenvalue weighted by Crippen LogP contribution is 2.37. The van der Waals surface area contributed by atoms with Crippen molar-refractivity contribution in [1.29, 1.82) is 0 Å². The van der Waals surface area contributed by atoms with Gasteiger partial charge in [0.1, 0.15) is 0 Å². The molecular weight excluding hydrogens is 200 g/mol. The third-order valence-corrected chi connectivity index (χ3v) is 5.72. The van der Waals surface area contributed by atoms with E-state index in [1.807, 2.05) is 47.0 Å². The molecule has 0 aromatic carbocycles. The van der Waals surface area contributed by atoms with Gasteiger partial charge in [-0.3, -0.25) is 0 Å². The fraction of sp³-hybridized carbons (Fsp3) is 0.667. The second-order valence-electron chi connectivity index (χ2n) is 1.39. The van der Waals surface area contributed by atoms with Crippen molar-refractivity contribution in [2.45, 2.75) is 0 Å². The Morgan fingerprint density at radius 3 is 0.900 bits per heavy atom. The van der Waals surface area contributed by atoms with Crippen LogP contribution in [0.25, 0.3) is 0 Å². The molecular formula is C6H12S4. The van der Waals surface area contributed by atoms with Gasteiger partial charge >= 0.3 is 0 Å². The van der Waals surface area contributed by atoms with Gasteiger partial charge in [0.2, 0.25) is 0 Å². The molecule has 0 heterocycles. The van der Waals surface area contributed by atoms with Crippen molar-refractivity contribution < 1.29 is 0 Å². The summed E-state index contributed by atoms with van der Waals surface area (Å²) >= 11 is 7.31. The Kier molecular flexibility index (Phi) is 7.60. The first-order chi connectivity index (χ1) is 4.79. The molecule has 0 rings (SSSR count). The molecule has 0 fully saturated rings. The summed E-state index contributed by atoms with van der Waals surface area (Å²) in [6, 6.07) is 0. The fourth-order valence-electron chi connectivity index (χ4n) is 0.500. The maximum Gasteiger partial charge on any atom is 0.0596 e. The Bertz CT molecular complexity index is 92.9. The average molecular weight is 212 g/mol. The number of hydrogen-bond donors (Lipinski definition) is 0. The van der Waals surface area contributed by atoms with E-state index in [2.05, 4.69) is 25.0 Å². The minimum Gasteiger partial charge on any atom is -0.121 e. The molecule has 4 heteroatoms. The largest absolute Gasteiger partial charge is 0.121 e. The fourth-order valence-corrected chi connectivity index (χ4v) is 4.50. The Hall–Kier alpha value is 1.14. The van der Waals surface area contributed by atoms with Crippen LogP contribution >= 0.6 is 47.0 Å². The van der Waals surface area contributed by atoms with Crippen LogP contribution in [0.15, 0.2) is 8.47 Å². The molecule has 0 atom stereocenters. The van der Waals surface area contributed by atoms with E-state index < -0.39 is 0 Å². The first-order valence-electron chi connectivity index (χ1n) is 2.70. The number of thioether (sulfide) groups is 4. The second kappa shape index (κ2) is 6.83. The van der Waals surface area contributed by atoms with E-state index in [1.54, 1.807) is 0 Å². The molecule has 0 spiro atoms. The summed E-state index contributed by atoms with van der Waals surface area (Å²) in [5.74, 6) is 0. The zero-order valence-corrected chi connectivity index (χ0v) is 9.90. The van der Waals surface area contributed by atoms with E-state index in [4.69, 9.17) is 0 Å². The van der Waals surface area contributed by atoms with Crippen molar-refractivity contribution in [3.63, 3.8) is 0 Å². The lowest BCUT2D eigenvalue weighted by Gasteiger charge is -2.04. The molecule has 0 unspecified atom stereocenters. The molecule has 10 heavy (non-hydrogen) atoms. The summed E-state index contributed by atoms with van der Waals surface area (Å²) in [5.41, 5.74) is 0. The van der Waals surface area contributed by atoms with Crippen LogP contribution < -0.4 is 0 Å². The van der Waals surface area contributed by atoms with E-state index >= 15 is 0 Å². The monoisotopic (exact) mass is 212 g/mol. The van der Waals surface area contributed by atoms with Gasteiger partial charge in [-0.05, 0) is 25.0 Å². The van der Waals surface area contributed by atoms with Crippen LogP contribution in [0.1, 0.15) is 0 Å². The lowest BCUT2D eigenvalue weighted by molar-refractivity contribution is 2.23. The minimum absolute atomic E-state index is 1.43. The molecule has 0 nitrogen and oxygen atoms in total. The Labute approximate surface area is 80.4 Å². The van der Waals surface area contributed by atoms with Crippen molar-refractivity contribution in [2.75, 3.05) is 25.0 Å².